The van der Waals surface area contributed by atoms with Gasteiger partial charge in [-0.3, -0.25) is 9.89 Å². The Morgan fingerprint density at radius 2 is 2.00 bits per heavy atom. The lowest BCUT2D eigenvalue weighted by Gasteiger charge is -2.36. The van der Waals surface area contributed by atoms with E-state index in [2.05, 4.69) is 51.0 Å². The van der Waals surface area contributed by atoms with E-state index in [4.69, 9.17) is 4.43 Å². The molecular weight excluding hydrogens is 256 g/mol. The van der Waals surface area contributed by atoms with Gasteiger partial charge in [0.1, 0.15) is 5.69 Å². The topological polar surface area (TPSA) is 55.0 Å². The Bertz CT molecular complexity index is 433. The van der Waals surface area contributed by atoms with Gasteiger partial charge < -0.3 is 4.43 Å². The first-order valence-electron chi connectivity index (χ1n) is 6.88. The van der Waals surface area contributed by atoms with E-state index in [-0.39, 0.29) is 5.04 Å². The van der Waals surface area contributed by atoms with Crippen LogP contribution < -0.4 is 0 Å². The number of aldehydes is 1. The Hall–Kier alpha value is -0.943. The molecule has 5 heteroatoms. The molecule has 0 aliphatic rings. The lowest BCUT2D eigenvalue weighted by Crippen LogP contribution is -2.41. The number of H-pyrrole nitrogens is 1. The second-order valence-corrected chi connectivity index (χ2v) is 11.2. The standard InChI is InChI=1S/C14H26N2O2Si/c1-7-12-11(13(10-17)16-15-12)8-9-18-19(5,6)14(2,3)4/h10H,7-9H2,1-6H3,(H,15,16). The van der Waals surface area contributed by atoms with Crippen molar-refractivity contribution in [3.05, 3.63) is 17.0 Å². The summed E-state index contributed by atoms with van der Waals surface area (Å²) < 4.78 is 6.15. The van der Waals surface area contributed by atoms with Gasteiger partial charge in [-0.1, -0.05) is 27.7 Å². The molecule has 0 aliphatic heterocycles. The van der Waals surface area contributed by atoms with Gasteiger partial charge in [0.05, 0.1) is 0 Å². The second kappa shape index (κ2) is 6.01. The van der Waals surface area contributed by atoms with Gasteiger partial charge in [-0.15, -0.1) is 0 Å². The van der Waals surface area contributed by atoms with Crippen LogP contribution in [0.3, 0.4) is 0 Å². The zero-order valence-corrected chi connectivity index (χ0v) is 14.0. The van der Waals surface area contributed by atoms with Gasteiger partial charge in [0.15, 0.2) is 14.6 Å². The summed E-state index contributed by atoms with van der Waals surface area (Å²) in [5.74, 6) is 0. The fraction of sp³-hybridized carbons (Fsp3) is 0.714. The van der Waals surface area contributed by atoms with E-state index in [1.54, 1.807) is 0 Å². The van der Waals surface area contributed by atoms with Crippen LogP contribution >= 0.6 is 0 Å². The second-order valence-electron chi connectivity index (χ2n) is 6.40. The number of nitrogens with zero attached hydrogens (tertiary/aromatic N) is 1. The number of aryl methyl sites for hydroxylation is 1. The van der Waals surface area contributed by atoms with Gasteiger partial charge in [0.2, 0.25) is 0 Å². The molecule has 0 aliphatic carbocycles. The molecule has 1 heterocycles. The number of nitrogens with one attached hydrogen (secondary N) is 1. The molecule has 0 spiro atoms. The Morgan fingerprint density at radius 1 is 1.37 bits per heavy atom. The summed E-state index contributed by atoms with van der Waals surface area (Å²) in [6.45, 7) is 13.9. The molecule has 0 atom stereocenters. The zero-order valence-electron chi connectivity index (χ0n) is 13.0. The van der Waals surface area contributed by atoms with E-state index in [0.717, 1.165) is 30.4 Å². The Balaban J connectivity index is 2.68. The maximum atomic E-state index is 11.0. The van der Waals surface area contributed by atoms with Crippen molar-refractivity contribution in [3.8, 4) is 0 Å². The molecule has 1 N–H and O–H groups in total. The van der Waals surface area contributed by atoms with Crippen molar-refractivity contribution >= 4 is 14.6 Å². The summed E-state index contributed by atoms with van der Waals surface area (Å²) in [6.07, 6.45) is 2.42. The minimum Gasteiger partial charge on any atom is -0.416 e. The highest BCUT2D eigenvalue weighted by Gasteiger charge is 2.36. The van der Waals surface area contributed by atoms with Gasteiger partial charge >= 0.3 is 0 Å². The van der Waals surface area contributed by atoms with Crippen molar-refractivity contribution < 1.29 is 9.22 Å². The molecule has 0 bridgehead atoms. The number of aromatic nitrogens is 2. The van der Waals surface area contributed by atoms with Crippen LogP contribution in [0.1, 0.15) is 49.4 Å². The van der Waals surface area contributed by atoms with Crippen LogP contribution in [0.5, 0.6) is 0 Å². The molecule has 0 aromatic carbocycles. The average molecular weight is 282 g/mol. The lowest BCUT2D eigenvalue weighted by molar-refractivity contribution is 0.111. The number of carbonyl (C=O) groups is 1. The zero-order chi connectivity index (χ0) is 14.7. The van der Waals surface area contributed by atoms with Crippen LogP contribution in [0.25, 0.3) is 0 Å². The van der Waals surface area contributed by atoms with Gasteiger partial charge in [0, 0.05) is 17.9 Å². The minimum absolute atomic E-state index is 0.213. The normalized spacial score (nSPS) is 12.7. The molecular formula is C14H26N2O2Si. The molecule has 4 nitrogen and oxygen atoms in total. The molecule has 0 saturated heterocycles. The van der Waals surface area contributed by atoms with E-state index < -0.39 is 8.32 Å². The molecule has 0 unspecified atom stereocenters. The lowest BCUT2D eigenvalue weighted by atomic mass is 10.1. The van der Waals surface area contributed by atoms with E-state index in [0.29, 0.717) is 12.3 Å². The monoisotopic (exact) mass is 282 g/mol. The van der Waals surface area contributed by atoms with Crippen LogP contribution in [-0.2, 0) is 17.3 Å². The largest absolute Gasteiger partial charge is 0.416 e. The number of hydrogen-bond donors (Lipinski definition) is 1. The van der Waals surface area contributed by atoms with Crippen molar-refractivity contribution in [2.24, 2.45) is 0 Å². The van der Waals surface area contributed by atoms with Gasteiger partial charge in [0.25, 0.3) is 0 Å². The Morgan fingerprint density at radius 3 is 2.47 bits per heavy atom. The highest BCUT2D eigenvalue weighted by Crippen LogP contribution is 2.36. The maximum Gasteiger partial charge on any atom is 0.191 e. The van der Waals surface area contributed by atoms with Crippen LogP contribution in [-0.4, -0.2) is 31.4 Å². The fourth-order valence-electron chi connectivity index (χ4n) is 1.71. The SMILES string of the molecule is CCc1[nH]nc(C=O)c1CCO[Si](C)(C)C(C)(C)C. The predicted octanol–water partition coefficient (Wildman–Crippen LogP) is 3.35. The highest BCUT2D eigenvalue weighted by atomic mass is 28.4. The molecule has 1 aromatic rings. The van der Waals surface area contributed by atoms with Gasteiger partial charge in [-0.05, 0) is 31.0 Å². The molecule has 108 valence electrons. The van der Waals surface area contributed by atoms with Crippen LogP contribution in [0.4, 0.5) is 0 Å². The third-order valence-electron chi connectivity index (χ3n) is 4.07. The molecule has 0 fully saturated rings. The Labute approximate surface area is 117 Å². The van der Waals surface area contributed by atoms with E-state index in [1.807, 2.05) is 0 Å². The summed E-state index contributed by atoms with van der Waals surface area (Å²) in [7, 11) is -1.71. The van der Waals surface area contributed by atoms with Crippen LogP contribution in [0.15, 0.2) is 0 Å². The first-order chi connectivity index (χ1) is 8.73. The molecule has 0 saturated carbocycles. The third kappa shape index (κ3) is 3.76. The third-order valence-corrected chi connectivity index (χ3v) is 8.61. The predicted molar refractivity (Wildman–Crippen MR) is 80.2 cm³/mol. The molecule has 1 aromatic heterocycles. The minimum atomic E-state index is -1.71. The Kier molecular flexibility index (Phi) is 5.09. The summed E-state index contributed by atoms with van der Waals surface area (Å²) in [5, 5.41) is 7.17. The van der Waals surface area contributed by atoms with Crippen molar-refractivity contribution in [3.63, 3.8) is 0 Å². The molecule has 0 radical (unpaired) electrons. The average Bonchev–Trinajstić information content (AvgIpc) is 2.69. The van der Waals surface area contributed by atoms with E-state index in [9.17, 15) is 4.79 Å². The van der Waals surface area contributed by atoms with Crippen molar-refractivity contribution in [1.29, 1.82) is 0 Å². The van der Waals surface area contributed by atoms with Crippen molar-refractivity contribution in [2.75, 3.05) is 6.61 Å². The highest BCUT2D eigenvalue weighted by molar-refractivity contribution is 6.74. The van der Waals surface area contributed by atoms with Gasteiger partial charge in [-0.25, -0.2) is 0 Å². The molecule has 1 rings (SSSR count). The first-order valence-corrected chi connectivity index (χ1v) is 9.79. The number of rotatable bonds is 6. The van der Waals surface area contributed by atoms with Gasteiger partial charge in [-0.2, -0.15) is 5.10 Å². The summed E-state index contributed by atoms with van der Waals surface area (Å²) in [6, 6.07) is 0. The maximum absolute atomic E-state index is 11.0. The number of hydrogen-bond acceptors (Lipinski definition) is 3. The fourth-order valence-corrected chi connectivity index (χ4v) is 2.76. The van der Waals surface area contributed by atoms with Crippen LogP contribution in [0, 0.1) is 0 Å². The van der Waals surface area contributed by atoms with E-state index in [1.165, 1.54) is 0 Å². The van der Waals surface area contributed by atoms with Crippen molar-refractivity contribution in [1.82, 2.24) is 10.2 Å². The quantitative estimate of drug-likeness (QED) is 0.643. The summed E-state index contributed by atoms with van der Waals surface area (Å²) >= 11 is 0. The summed E-state index contributed by atoms with van der Waals surface area (Å²) in [4.78, 5) is 11.0. The van der Waals surface area contributed by atoms with Crippen molar-refractivity contribution in [2.45, 2.75) is 58.7 Å². The first kappa shape index (κ1) is 16.1. The van der Waals surface area contributed by atoms with E-state index >= 15 is 0 Å². The summed E-state index contributed by atoms with van der Waals surface area (Å²) in [5.41, 5.74) is 2.58. The molecule has 19 heavy (non-hydrogen) atoms. The number of carbonyl (C=O) groups excluding carboxylic acids is 1. The van der Waals surface area contributed by atoms with Crippen LogP contribution in [0.2, 0.25) is 18.1 Å². The molecule has 0 amide bonds. The smallest absolute Gasteiger partial charge is 0.191 e. The number of aromatic amines is 1.